The van der Waals surface area contributed by atoms with Crippen LogP contribution in [0.25, 0.3) is 0 Å². The molecule has 0 spiro atoms. The van der Waals surface area contributed by atoms with E-state index >= 15 is 0 Å². The van der Waals surface area contributed by atoms with E-state index in [-0.39, 0.29) is 23.7 Å². The van der Waals surface area contributed by atoms with Crippen molar-refractivity contribution in [3.05, 3.63) is 80.8 Å². The molecule has 0 aliphatic heterocycles. The molecule has 0 bridgehead atoms. The normalized spacial score (nSPS) is 10.5. The van der Waals surface area contributed by atoms with Crippen molar-refractivity contribution in [2.75, 3.05) is 24.4 Å². The molecule has 30 heavy (non-hydrogen) atoms. The quantitative estimate of drug-likeness (QED) is 0.546. The number of pyridine rings is 1. The van der Waals surface area contributed by atoms with Crippen molar-refractivity contribution in [1.29, 1.82) is 0 Å². The van der Waals surface area contributed by atoms with Gasteiger partial charge < -0.3 is 15.4 Å². The fourth-order valence-electron chi connectivity index (χ4n) is 2.48. The zero-order valence-electron chi connectivity index (χ0n) is 16.0. The number of ether oxygens (including phenoxy) is 1. The summed E-state index contributed by atoms with van der Waals surface area (Å²) in [5.74, 6) is -0.472. The van der Waals surface area contributed by atoms with Gasteiger partial charge in [-0.05, 0) is 52.3 Å². The first-order valence-electron chi connectivity index (χ1n) is 8.87. The summed E-state index contributed by atoms with van der Waals surface area (Å²) in [6, 6.07) is 12.5. The van der Waals surface area contributed by atoms with Gasteiger partial charge in [0.1, 0.15) is 11.5 Å². The van der Waals surface area contributed by atoms with Crippen LogP contribution in [0.15, 0.2) is 64.0 Å². The predicted molar refractivity (Wildman–Crippen MR) is 115 cm³/mol. The summed E-state index contributed by atoms with van der Waals surface area (Å²) in [4.78, 5) is 40.9. The highest BCUT2D eigenvalue weighted by molar-refractivity contribution is 9.10. The van der Waals surface area contributed by atoms with Crippen LogP contribution in [0.3, 0.4) is 0 Å². The number of anilines is 2. The molecule has 2 heterocycles. The molecule has 0 saturated heterocycles. The number of nitrogens with zero attached hydrogens (tertiary/aromatic N) is 3. The third kappa shape index (κ3) is 5.58. The van der Waals surface area contributed by atoms with E-state index in [4.69, 9.17) is 4.74 Å². The lowest BCUT2D eigenvalue weighted by atomic mass is 10.2. The second-order valence-corrected chi connectivity index (χ2v) is 7.04. The van der Waals surface area contributed by atoms with Gasteiger partial charge in [-0.2, -0.15) is 5.10 Å². The molecule has 2 amide bonds. The Labute approximate surface area is 180 Å². The standard InChI is InChI=1S/C20H18BrN5O4/c1-30-10-9-26-18(27)8-6-16(25-26)20(29)23-15-4-2-3-13(11-15)19(28)24-17-7-5-14(21)12-22-17/h2-8,11-12H,9-10H2,1H3,(H,23,29)(H,22,24,28). The van der Waals surface area contributed by atoms with E-state index in [1.807, 2.05) is 0 Å². The smallest absolute Gasteiger partial charge is 0.276 e. The molecule has 10 heteroatoms. The van der Waals surface area contributed by atoms with Crippen LogP contribution >= 0.6 is 15.9 Å². The molecule has 2 aromatic heterocycles. The average molecular weight is 472 g/mol. The Bertz CT molecular complexity index is 1110. The van der Waals surface area contributed by atoms with Gasteiger partial charge in [-0.3, -0.25) is 14.4 Å². The van der Waals surface area contributed by atoms with E-state index in [0.717, 1.165) is 9.15 Å². The molecule has 0 saturated carbocycles. The van der Waals surface area contributed by atoms with E-state index in [1.54, 1.807) is 36.5 Å². The minimum absolute atomic E-state index is 0.0691. The van der Waals surface area contributed by atoms with Crippen LogP contribution in [0.2, 0.25) is 0 Å². The summed E-state index contributed by atoms with van der Waals surface area (Å²) in [6.45, 7) is 0.526. The maximum absolute atomic E-state index is 12.5. The van der Waals surface area contributed by atoms with E-state index < -0.39 is 5.91 Å². The number of hydrogen-bond acceptors (Lipinski definition) is 6. The van der Waals surface area contributed by atoms with Crippen molar-refractivity contribution >= 4 is 39.2 Å². The SMILES string of the molecule is COCCn1nc(C(=O)Nc2cccc(C(=O)Nc3ccc(Br)cn3)c2)ccc1=O. The number of carbonyl (C=O) groups is 2. The van der Waals surface area contributed by atoms with Crippen LogP contribution in [0.5, 0.6) is 0 Å². The Morgan fingerprint density at radius 2 is 1.93 bits per heavy atom. The molecule has 154 valence electrons. The lowest BCUT2D eigenvalue weighted by molar-refractivity contribution is 0.101. The fourth-order valence-corrected chi connectivity index (χ4v) is 2.71. The summed E-state index contributed by atoms with van der Waals surface area (Å²) in [7, 11) is 1.51. The van der Waals surface area contributed by atoms with Crippen molar-refractivity contribution in [3.8, 4) is 0 Å². The van der Waals surface area contributed by atoms with Crippen LogP contribution in [-0.4, -0.2) is 40.3 Å². The predicted octanol–water partition coefficient (Wildman–Crippen LogP) is 2.55. The number of halogens is 1. The molecule has 3 aromatic rings. The number of nitrogens with one attached hydrogen (secondary N) is 2. The second-order valence-electron chi connectivity index (χ2n) is 6.12. The molecule has 0 atom stereocenters. The van der Waals surface area contributed by atoms with Crippen molar-refractivity contribution in [1.82, 2.24) is 14.8 Å². The first kappa shape index (κ1) is 21.3. The van der Waals surface area contributed by atoms with Gasteiger partial charge in [0.2, 0.25) is 0 Å². The first-order valence-corrected chi connectivity index (χ1v) is 9.67. The molecule has 2 N–H and O–H groups in total. The van der Waals surface area contributed by atoms with Crippen molar-refractivity contribution in [2.45, 2.75) is 6.54 Å². The maximum atomic E-state index is 12.5. The summed E-state index contributed by atoms with van der Waals surface area (Å²) in [5.41, 5.74) is 0.492. The molecule has 0 fully saturated rings. The van der Waals surface area contributed by atoms with Crippen molar-refractivity contribution < 1.29 is 14.3 Å². The van der Waals surface area contributed by atoms with Crippen LogP contribution < -0.4 is 16.2 Å². The van der Waals surface area contributed by atoms with Gasteiger partial charge >= 0.3 is 0 Å². The lowest BCUT2D eigenvalue weighted by Gasteiger charge is -2.09. The van der Waals surface area contributed by atoms with Crippen LogP contribution in [0, 0.1) is 0 Å². The molecule has 0 aliphatic carbocycles. The number of amides is 2. The van der Waals surface area contributed by atoms with Gasteiger partial charge in [-0.1, -0.05) is 6.07 Å². The van der Waals surface area contributed by atoms with Gasteiger partial charge in [-0.25, -0.2) is 9.67 Å². The van der Waals surface area contributed by atoms with E-state index in [2.05, 4.69) is 36.6 Å². The Morgan fingerprint density at radius 3 is 2.67 bits per heavy atom. The summed E-state index contributed by atoms with van der Waals surface area (Å²) < 4.78 is 6.89. The Kier molecular flexibility index (Phi) is 7.04. The van der Waals surface area contributed by atoms with Gasteiger partial charge in [0, 0.05) is 35.1 Å². The van der Waals surface area contributed by atoms with Crippen LogP contribution in [-0.2, 0) is 11.3 Å². The Morgan fingerprint density at radius 1 is 1.10 bits per heavy atom. The highest BCUT2D eigenvalue weighted by Crippen LogP contribution is 2.15. The lowest BCUT2D eigenvalue weighted by Crippen LogP contribution is -2.27. The van der Waals surface area contributed by atoms with Gasteiger partial charge in [0.05, 0.1) is 13.2 Å². The van der Waals surface area contributed by atoms with Crippen LogP contribution in [0.4, 0.5) is 11.5 Å². The Balaban J connectivity index is 1.71. The molecular weight excluding hydrogens is 454 g/mol. The van der Waals surface area contributed by atoms with E-state index in [1.165, 1.54) is 25.3 Å². The number of methoxy groups -OCH3 is 1. The highest BCUT2D eigenvalue weighted by atomic mass is 79.9. The molecular formula is C20H18BrN5O4. The van der Waals surface area contributed by atoms with Crippen molar-refractivity contribution in [2.24, 2.45) is 0 Å². The zero-order chi connectivity index (χ0) is 21.5. The molecule has 1 aromatic carbocycles. The van der Waals surface area contributed by atoms with Crippen LogP contribution in [0.1, 0.15) is 20.8 Å². The number of carbonyl (C=O) groups excluding carboxylic acids is 2. The Hall–Kier alpha value is -3.37. The van der Waals surface area contributed by atoms with Gasteiger partial charge in [-0.15, -0.1) is 0 Å². The van der Waals surface area contributed by atoms with Crippen molar-refractivity contribution in [3.63, 3.8) is 0 Å². The first-order chi connectivity index (χ1) is 14.5. The molecule has 0 radical (unpaired) electrons. The fraction of sp³-hybridized carbons (Fsp3) is 0.150. The largest absolute Gasteiger partial charge is 0.383 e. The summed E-state index contributed by atoms with van der Waals surface area (Å²) >= 11 is 3.28. The zero-order valence-corrected chi connectivity index (χ0v) is 17.5. The minimum Gasteiger partial charge on any atom is -0.383 e. The number of benzene rings is 1. The van der Waals surface area contributed by atoms with Gasteiger partial charge in [0.25, 0.3) is 17.4 Å². The second kappa shape index (κ2) is 9.90. The van der Waals surface area contributed by atoms with E-state index in [0.29, 0.717) is 23.7 Å². The minimum atomic E-state index is -0.506. The summed E-state index contributed by atoms with van der Waals surface area (Å²) in [6.07, 6.45) is 1.57. The average Bonchev–Trinajstić information content (AvgIpc) is 2.75. The monoisotopic (exact) mass is 471 g/mol. The number of hydrogen-bond donors (Lipinski definition) is 2. The maximum Gasteiger partial charge on any atom is 0.276 e. The van der Waals surface area contributed by atoms with Gasteiger partial charge in [0.15, 0.2) is 0 Å². The third-order valence-corrected chi connectivity index (χ3v) is 4.43. The molecule has 0 unspecified atom stereocenters. The number of aromatic nitrogens is 3. The number of rotatable bonds is 7. The topological polar surface area (TPSA) is 115 Å². The molecule has 3 rings (SSSR count). The summed E-state index contributed by atoms with van der Waals surface area (Å²) in [5, 5.41) is 9.41. The molecule has 9 nitrogen and oxygen atoms in total. The molecule has 0 aliphatic rings. The third-order valence-electron chi connectivity index (χ3n) is 3.96. The van der Waals surface area contributed by atoms with E-state index in [9.17, 15) is 14.4 Å². The highest BCUT2D eigenvalue weighted by Gasteiger charge is 2.12.